The number of carbonyl (C=O) groups excluding carboxylic acids is 1. The Bertz CT molecular complexity index is 1870. The Balaban J connectivity index is 1.35. The predicted molar refractivity (Wildman–Crippen MR) is 162 cm³/mol. The number of carboxylic acid groups (broad SMARTS) is 1. The number of hydrogen-bond donors (Lipinski definition) is 1. The first kappa shape index (κ1) is 26.4. The van der Waals surface area contributed by atoms with Gasteiger partial charge in [0.2, 0.25) is 0 Å². The molecule has 42 heavy (non-hydrogen) atoms. The van der Waals surface area contributed by atoms with E-state index in [1.807, 2.05) is 41.9 Å². The van der Waals surface area contributed by atoms with Crippen LogP contribution in [0, 0.1) is 6.92 Å². The molecule has 0 saturated heterocycles. The fraction of sp³-hybridized carbons (Fsp3) is 0.353. The predicted octanol–water partition coefficient (Wildman–Crippen LogP) is 5.76. The number of hydrogen-bond acceptors (Lipinski definition) is 4. The molecular formula is C34H35N5O3. The van der Waals surface area contributed by atoms with Crippen molar-refractivity contribution >= 4 is 33.8 Å². The van der Waals surface area contributed by atoms with Crippen LogP contribution in [0.1, 0.15) is 75.3 Å². The zero-order valence-electron chi connectivity index (χ0n) is 24.1. The van der Waals surface area contributed by atoms with Crippen LogP contribution in [0.15, 0.2) is 54.7 Å². The van der Waals surface area contributed by atoms with E-state index in [0.717, 1.165) is 88.4 Å². The van der Waals surface area contributed by atoms with Crippen LogP contribution < -0.4 is 0 Å². The quantitative estimate of drug-likeness (QED) is 0.296. The lowest BCUT2D eigenvalue weighted by molar-refractivity contribution is -0.137. The average molecular weight is 562 g/mol. The Morgan fingerprint density at radius 2 is 1.83 bits per heavy atom. The van der Waals surface area contributed by atoms with Crippen molar-refractivity contribution in [1.29, 1.82) is 0 Å². The monoisotopic (exact) mass is 561 g/mol. The van der Waals surface area contributed by atoms with Crippen LogP contribution in [0.2, 0.25) is 0 Å². The molecule has 10 rings (SSSR count). The van der Waals surface area contributed by atoms with E-state index >= 15 is 0 Å². The Hall–Kier alpha value is -4.46. The normalized spacial score (nSPS) is 17.5. The van der Waals surface area contributed by atoms with Gasteiger partial charge in [-0.3, -0.25) is 9.59 Å². The van der Waals surface area contributed by atoms with Crippen LogP contribution in [0.25, 0.3) is 21.9 Å². The molecule has 2 aromatic heterocycles. The van der Waals surface area contributed by atoms with Crippen LogP contribution in [-0.4, -0.2) is 48.0 Å². The Morgan fingerprint density at radius 1 is 0.976 bits per heavy atom. The number of benzene rings is 3. The van der Waals surface area contributed by atoms with Gasteiger partial charge in [0.25, 0.3) is 5.91 Å². The minimum atomic E-state index is -0.849. The summed E-state index contributed by atoms with van der Waals surface area (Å²) in [5.41, 5.74) is 9.99. The van der Waals surface area contributed by atoms with Gasteiger partial charge in [0.15, 0.2) is 0 Å². The minimum absolute atomic E-state index is 0.0280. The zero-order valence-corrected chi connectivity index (χ0v) is 24.1. The number of carboxylic acids is 1. The van der Waals surface area contributed by atoms with Crippen LogP contribution in [-0.2, 0) is 37.8 Å². The third kappa shape index (κ3) is 4.46. The average Bonchev–Trinajstić information content (AvgIpc) is 3.59. The van der Waals surface area contributed by atoms with Crippen LogP contribution in [0.3, 0.4) is 0 Å². The van der Waals surface area contributed by atoms with Gasteiger partial charge in [0, 0.05) is 44.2 Å². The third-order valence-electron chi connectivity index (χ3n) is 9.34. The summed E-state index contributed by atoms with van der Waals surface area (Å²) < 4.78 is 4.04. The summed E-state index contributed by atoms with van der Waals surface area (Å²) in [6, 6.07) is 16.7. The van der Waals surface area contributed by atoms with E-state index in [1.165, 1.54) is 11.1 Å². The first-order chi connectivity index (χ1) is 20.4. The summed E-state index contributed by atoms with van der Waals surface area (Å²) >= 11 is 0. The number of nitrogens with zero attached hydrogens (tertiary/aromatic N) is 5. The number of aliphatic carboxylic acids is 1. The van der Waals surface area contributed by atoms with Crippen molar-refractivity contribution in [3.05, 3.63) is 93.7 Å². The number of rotatable bonds is 2. The summed E-state index contributed by atoms with van der Waals surface area (Å²) in [7, 11) is 2.01. The Labute approximate surface area is 244 Å². The lowest BCUT2D eigenvalue weighted by atomic mass is 9.83. The summed E-state index contributed by atoms with van der Waals surface area (Å²) in [5, 5.41) is 20.1. The fourth-order valence-electron chi connectivity index (χ4n) is 7.07. The van der Waals surface area contributed by atoms with Gasteiger partial charge in [-0.2, -0.15) is 0 Å². The van der Waals surface area contributed by atoms with E-state index in [0.29, 0.717) is 13.1 Å². The molecule has 0 fully saturated rings. The standard InChI is InChI=1S/C34H35N5O3/c1-21-26-11-12-30-32(21)35-36-39(30)15-5-3-4-6-23-9-10-28(33-27(23)14-16-37(33)2)34(42)38-17-13-22-7-8-24(18-25(22)20-38)29(26)19-31(40)41/h7-12,14,16,18,29H,3-6,13,15,17,19-20H2,1-2H3,(H,40,41)/t29-/m0/s1. The number of aryl methyl sites for hydroxylation is 4. The molecule has 8 nitrogen and oxygen atoms in total. The molecule has 0 saturated carbocycles. The highest BCUT2D eigenvalue weighted by Crippen LogP contribution is 2.36. The SMILES string of the molecule is Cc1c2ccc3c1nnn3CCCCCc1ccc(c3c1ccn3C)C(=O)N1CCc3ccc(cc3C1)[C@@H]2CC(=O)O. The van der Waals surface area contributed by atoms with Crippen LogP contribution in [0.4, 0.5) is 0 Å². The maximum atomic E-state index is 14.0. The highest BCUT2D eigenvalue weighted by molar-refractivity contribution is 6.07. The van der Waals surface area contributed by atoms with Gasteiger partial charge >= 0.3 is 5.97 Å². The van der Waals surface area contributed by atoms with Crippen LogP contribution in [0.5, 0.6) is 0 Å². The van der Waals surface area contributed by atoms with Gasteiger partial charge in [-0.05, 0) is 84.2 Å². The topological polar surface area (TPSA) is 93.3 Å². The van der Waals surface area contributed by atoms with E-state index in [2.05, 4.69) is 51.3 Å². The molecule has 1 amide bonds. The minimum Gasteiger partial charge on any atom is -0.481 e. The molecule has 5 aromatic rings. The summed E-state index contributed by atoms with van der Waals surface area (Å²) in [5.74, 6) is -1.14. The Morgan fingerprint density at radius 3 is 2.69 bits per heavy atom. The van der Waals surface area contributed by atoms with E-state index in [1.54, 1.807) is 0 Å². The first-order valence-corrected chi connectivity index (χ1v) is 14.9. The molecule has 8 heteroatoms. The second kappa shape index (κ2) is 10.4. The number of aromatic nitrogens is 4. The van der Waals surface area contributed by atoms with Gasteiger partial charge in [-0.25, -0.2) is 4.68 Å². The Kier molecular flexibility index (Phi) is 6.56. The molecule has 3 aromatic carbocycles. The van der Waals surface area contributed by atoms with Crippen molar-refractivity contribution in [2.45, 2.75) is 64.5 Å². The van der Waals surface area contributed by atoms with Crippen LogP contribution >= 0.6 is 0 Å². The van der Waals surface area contributed by atoms with Crippen molar-refractivity contribution in [2.24, 2.45) is 7.05 Å². The summed E-state index contributed by atoms with van der Waals surface area (Å²) in [6.45, 7) is 3.96. The molecule has 0 radical (unpaired) electrons. The van der Waals surface area contributed by atoms with Gasteiger partial charge < -0.3 is 14.6 Å². The maximum absolute atomic E-state index is 14.0. The van der Waals surface area contributed by atoms with Crippen molar-refractivity contribution in [1.82, 2.24) is 24.5 Å². The molecule has 0 unspecified atom stereocenters. The molecule has 7 heterocycles. The zero-order chi connectivity index (χ0) is 29.0. The summed E-state index contributed by atoms with van der Waals surface area (Å²) in [4.78, 5) is 28.0. The van der Waals surface area contributed by atoms with Crippen molar-refractivity contribution in [3.63, 3.8) is 0 Å². The van der Waals surface area contributed by atoms with Crippen molar-refractivity contribution in [2.75, 3.05) is 6.54 Å². The molecule has 214 valence electrons. The number of carbonyl (C=O) groups is 2. The van der Waals surface area contributed by atoms with Gasteiger partial charge in [-0.1, -0.05) is 42.0 Å². The lowest BCUT2D eigenvalue weighted by Gasteiger charge is -2.30. The second-order valence-corrected chi connectivity index (χ2v) is 11.9. The third-order valence-corrected chi connectivity index (χ3v) is 9.34. The largest absolute Gasteiger partial charge is 0.481 e. The van der Waals surface area contributed by atoms with Crippen molar-refractivity contribution < 1.29 is 14.7 Å². The fourth-order valence-corrected chi connectivity index (χ4v) is 7.07. The molecule has 0 aliphatic carbocycles. The van der Waals surface area contributed by atoms with E-state index in [-0.39, 0.29) is 18.2 Å². The highest BCUT2D eigenvalue weighted by Gasteiger charge is 2.27. The summed E-state index contributed by atoms with van der Waals surface area (Å²) in [6.07, 6.45) is 6.84. The van der Waals surface area contributed by atoms with E-state index in [4.69, 9.17) is 0 Å². The second-order valence-electron chi connectivity index (χ2n) is 11.9. The lowest BCUT2D eigenvalue weighted by Crippen LogP contribution is -2.36. The number of amides is 1. The molecule has 9 bridgehead atoms. The van der Waals surface area contributed by atoms with E-state index < -0.39 is 5.97 Å². The van der Waals surface area contributed by atoms with Gasteiger partial charge in [0.05, 0.1) is 23.0 Å². The molecule has 1 atom stereocenters. The first-order valence-electron chi connectivity index (χ1n) is 14.9. The smallest absolute Gasteiger partial charge is 0.304 e. The molecule has 5 aliphatic heterocycles. The molecule has 1 N–H and O–H groups in total. The van der Waals surface area contributed by atoms with E-state index in [9.17, 15) is 14.7 Å². The molecular weight excluding hydrogens is 526 g/mol. The van der Waals surface area contributed by atoms with Gasteiger partial charge in [0.1, 0.15) is 5.52 Å². The van der Waals surface area contributed by atoms with Crippen molar-refractivity contribution in [3.8, 4) is 0 Å². The van der Waals surface area contributed by atoms with Gasteiger partial charge in [-0.15, -0.1) is 5.10 Å². The maximum Gasteiger partial charge on any atom is 0.304 e. The molecule has 0 spiro atoms. The molecule has 5 aliphatic rings. The highest BCUT2D eigenvalue weighted by atomic mass is 16.4.